The van der Waals surface area contributed by atoms with Crippen LogP contribution in [-0.4, -0.2) is 24.6 Å². The number of carbonyl (C=O) groups excluding carboxylic acids is 2. The zero-order valence-electron chi connectivity index (χ0n) is 13.0. The smallest absolute Gasteiger partial charge is 0.243 e. The summed E-state index contributed by atoms with van der Waals surface area (Å²) in [5.41, 5.74) is 0.971. The Kier molecular flexibility index (Phi) is 4.23. The van der Waals surface area contributed by atoms with E-state index in [4.69, 9.17) is 9.47 Å². The van der Waals surface area contributed by atoms with Gasteiger partial charge in [0.25, 0.3) is 0 Å². The van der Waals surface area contributed by atoms with E-state index in [0.717, 1.165) is 11.3 Å². The molecule has 0 radical (unpaired) electrons. The molecule has 122 valence electrons. The Morgan fingerprint density at radius 2 is 2.04 bits per heavy atom. The van der Waals surface area contributed by atoms with Gasteiger partial charge in [-0.3, -0.25) is 9.59 Å². The minimum Gasteiger partial charge on any atom is -0.454 e. The van der Waals surface area contributed by atoms with Crippen LogP contribution in [0.25, 0.3) is 0 Å². The van der Waals surface area contributed by atoms with E-state index in [1.807, 2.05) is 25.1 Å². The van der Waals surface area contributed by atoms with Crippen LogP contribution in [0.15, 0.2) is 30.9 Å². The monoisotopic (exact) mass is 316 g/mol. The second kappa shape index (κ2) is 6.32. The summed E-state index contributed by atoms with van der Waals surface area (Å²) in [5.74, 6) is 1.20. The second-order valence-electron chi connectivity index (χ2n) is 5.92. The number of rotatable bonds is 5. The molecular weight excluding hydrogens is 296 g/mol. The lowest BCUT2D eigenvalue weighted by atomic mass is 9.79. The van der Waals surface area contributed by atoms with E-state index < -0.39 is 0 Å². The minimum atomic E-state index is -0.192. The molecule has 6 heteroatoms. The topological polar surface area (TPSA) is 76.7 Å². The van der Waals surface area contributed by atoms with Crippen molar-refractivity contribution in [1.82, 2.24) is 10.6 Å². The third-order valence-corrected chi connectivity index (χ3v) is 4.30. The molecule has 3 rings (SSSR count). The molecule has 2 aliphatic rings. The van der Waals surface area contributed by atoms with Gasteiger partial charge in [0, 0.05) is 12.0 Å². The highest BCUT2D eigenvalue weighted by molar-refractivity contribution is 5.87. The van der Waals surface area contributed by atoms with Crippen LogP contribution in [0.4, 0.5) is 0 Å². The van der Waals surface area contributed by atoms with Gasteiger partial charge >= 0.3 is 0 Å². The molecule has 1 aliphatic heterocycles. The van der Waals surface area contributed by atoms with Crippen molar-refractivity contribution in [2.75, 3.05) is 6.79 Å². The van der Waals surface area contributed by atoms with Crippen LogP contribution in [0, 0.1) is 5.92 Å². The van der Waals surface area contributed by atoms with Crippen LogP contribution in [0.1, 0.15) is 31.4 Å². The molecule has 1 heterocycles. The summed E-state index contributed by atoms with van der Waals surface area (Å²) in [4.78, 5) is 23.4. The van der Waals surface area contributed by atoms with Crippen molar-refractivity contribution in [3.8, 4) is 11.5 Å². The van der Waals surface area contributed by atoms with E-state index >= 15 is 0 Å². The summed E-state index contributed by atoms with van der Waals surface area (Å²) in [6, 6.07) is 5.62. The molecule has 0 unspecified atom stereocenters. The van der Waals surface area contributed by atoms with Crippen molar-refractivity contribution in [2.24, 2.45) is 5.92 Å². The van der Waals surface area contributed by atoms with Gasteiger partial charge in [0.2, 0.25) is 18.6 Å². The quantitative estimate of drug-likeness (QED) is 0.810. The zero-order valence-corrected chi connectivity index (χ0v) is 13.0. The molecular formula is C17H20N2O4. The van der Waals surface area contributed by atoms with Crippen molar-refractivity contribution in [3.05, 3.63) is 36.4 Å². The third-order valence-electron chi connectivity index (χ3n) is 4.30. The summed E-state index contributed by atoms with van der Waals surface area (Å²) < 4.78 is 10.6. The highest BCUT2D eigenvalue weighted by Gasteiger charge is 2.35. The fourth-order valence-electron chi connectivity index (χ4n) is 2.81. The lowest BCUT2D eigenvalue weighted by molar-refractivity contribution is -0.130. The van der Waals surface area contributed by atoms with Crippen molar-refractivity contribution >= 4 is 11.8 Å². The van der Waals surface area contributed by atoms with E-state index in [2.05, 4.69) is 17.2 Å². The van der Waals surface area contributed by atoms with Gasteiger partial charge in [-0.25, -0.2) is 0 Å². The van der Waals surface area contributed by atoms with Crippen molar-refractivity contribution < 1.29 is 19.1 Å². The Morgan fingerprint density at radius 1 is 1.30 bits per heavy atom. The number of amides is 2. The van der Waals surface area contributed by atoms with Gasteiger partial charge < -0.3 is 20.1 Å². The number of nitrogens with one attached hydrogen (secondary N) is 2. The average molecular weight is 316 g/mol. The molecule has 0 bridgehead atoms. The number of ether oxygens (including phenoxy) is 2. The Morgan fingerprint density at radius 3 is 2.78 bits per heavy atom. The van der Waals surface area contributed by atoms with E-state index in [0.29, 0.717) is 18.6 Å². The predicted molar refractivity (Wildman–Crippen MR) is 84.0 cm³/mol. The third kappa shape index (κ3) is 3.31. The first-order valence-electron chi connectivity index (χ1n) is 7.69. The average Bonchev–Trinajstić information content (AvgIpc) is 2.97. The number of benzene rings is 1. The molecule has 23 heavy (non-hydrogen) atoms. The molecule has 2 N–H and O–H groups in total. The van der Waals surface area contributed by atoms with Crippen LogP contribution in [0.5, 0.6) is 11.5 Å². The fraction of sp³-hybridized carbons (Fsp3) is 0.412. The number of carbonyl (C=O) groups is 2. The SMILES string of the molecule is C=CC(=O)NC1CC(C(=O)N[C@@H](C)c2ccc3c(c2)OCO3)C1. The fourth-order valence-corrected chi connectivity index (χ4v) is 2.81. The molecule has 1 fully saturated rings. The molecule has 2 amide bonds. The van der Waals surface area contributed by atoms with Gasteiger partial charge in [0.1, 0.15) is 0 Å². The van der Waals surface area contributed by atoms with Crippen LogP contribution < -0.4 is 20.1 Å². The lowest BCUT2D eigenvalue weighted by Gasteiger charge is -2.35. The first-order chi connectivity index (χ1) is 11.1. The Bertz CT molecular complexity index is 637. The van der Waals surface area contributed by atoms with Gasteiger partial charge in [0.15, 0.2) is 11.5 Å². The van der Waals surface area contributed by atoms with Gasteiger partial charge in [-0.1, -0.05) is 12.6 Å². The Labute approximate surface area is 134 Å². The van der Waals surface area contributed by atoms with Crippen molar-refractivity contribution in [1.29, 1.82) is 0 Å². The molecule has 0 saturated heterocycles. The molecule has 1 aromatic rings. The number of hydrogen-bond donors (Lipinski definition) is 2. The normalized spacial score (nSPS) is 22.7. The molecule has 1 aliphatic carbocycles. The highest BCUT2D eigenvalue weighted by Crippen LogP contribution is 2.34. The Balaban J connectivity index is 1.50. The van der Waals surface area contributed by atoms with Crippen LogP contribution in [-0.2, 0) is 9.59 Å². The van der Waals surface area contributed by atoms with Crippen LogP contribution >= 0.6 is 0 Å². The summed E-state index contributed by atoms with van der Waals surface area (Å²) in [7, 11) is 0. The number of hydrogen-bond acceptors (Lipinski definition) is 4. The summed E-state index contributed by atoms with van der Waals surface area (Å²) in [6.07, 6.45) is 2.58. The highest BCUT2D eigenvalue weighted by atomic mass is 16.7. The molecule has 6 nitrogen and oxygen atoms in total. The van der Waals surface area contributed by atoms with E-state index in [-0.39, 0.29) is 36.6 Å². The van der Waals surface area contributed by atoms with E-state index in [1.54, 1.807) is 0 Å². The minimum absolute atomic E-state index is 0.0132. The zero-order chi connectivity index (χ0) is 16.4. The van der Waals surface area contributed by atoms with Gasteiger partial charge in [-0.05, 0) is 43.5 Å². The van der Waals surface area contributed by atoms with Gasteiger partial charge in [0.05, 0.1) is 6.04 Å². The van der Waals surface area contributed by atoms with Crippen molar-refractivity contribution in [2.45, 2.75) is 31.8 Å². The molecule has 0 aromatic heterocycles. The molecule has 1 aromatic carbocycles. The summed E-state index contributed by atoms with van der Waals surface area (Å²) in [6.45, 7) is 5.58. The summed E-state index contributed by atoms with van der Waals surface area (Å²) in [5, 5.41) is 5.81. The maximum absolute atomic E-state index is 12.2. The van der Waals surface area contributed by atoms with Crippen LogP contribution in [0.3, 0.4) is 0 Å². The largest absolute Gasteiger partial charge is 0.454 e. The maximum atomic E-state index is 12.2. The van der Waals surface area contributed by atoms with Gasteiger partial charge in [-0.15, -0.1) is 0 Å². The maximum Gasteiger partial charge on any atom is 0.243 e. The Hall–Kier alpha value is -2.50. The first kappa shape index (κ1) is 15.4. The van der Waals surface area contributed by atoms with E-state index in [9.17, 15) is 9.59 Å². The summed E-state index contributed by atoms with van der Waals surface area (Å²) >= 11 is 0. The van der Waals surface area contributed by atoms with Gasteiger partial charge in [-0.2, -0.15) is 0 Å². The lowest BCUT2D eigenvalue weighted by Crippen LogP contribution is -2.49. The number of fused-ring (bicyclic) bond motifs is 1. The first-order valence-corrected chi connectivity index (χ1v) is 7.69. The second-order valence-corrected chi connectivity index (χ2v) is 5.92. The molecule has 0 spiro atoms. The van der Waals surface area contributed by atoms with Crippen LogP contribution in [0.2, 0.25) is 0 Å². The van der Waals surface area contributed by atoms with E-state index in [1.165, 1.54) is 6.08 Å². The molecule has 1 atom stereocenters. The standard InChI is InChI=1S/C17H20N2O4/c1-3-16(20)19-13-6-12(7-13)17(21)18-10(2)11-4-5-14-15(8-11)23-9-22-14/h3-5,8,10,12-13H,1,6-7,9H2,2H3,(H,18,21)(H,19,20)/t10-,12?,13?/m0/s1. The van der Waals surface area contributed by atoms with Crippen molar-refractivity contribution in [3.63, 3.8) is 0 Å². The molecule has 1 saturated carbocycles. The predicted octanol–water partition coefficient (Wildman–Crippen LogP) is 1.67.